The second-order valence-electron chi connectivity index (χ2n) is 3.03. The molecule has 2 atom stereocenters. The van der Waals surface area contributed by atoms with Crippen LogP contribution in [0.15, 0.2) is 30.3 Å². The number of terminal acetylenes is 1. The van der Waals surface area contributed by atoms with Crippen LogP contribution >= 0.6 is 0 Å². The molecule has 0 amide bonds. The Kier molecular flexibility index (Phi) is 1.43. The quantitative estimate of drug-likeness (QED) is 0.528. The van der Waals surface area contributed by atoms with Crippen molar-refractivity contribution in [1.29, 1.82) is 0 Å². The lowest BCUT2D eigenvalue weighted by atomic mass is 10.1. The number of hydrogen-bond donors (Lipinski definition) is 0. The third kappa shape index (κ3) is 1.14. The fourth-order valence-electron chi connectivity index (χ4n) is 1.45. The number of benzene rings is 1. The lowest BCUT2D eigenvalue weighted by Crippen LogP contribution is -1.78. The molecule has 54 valence electrons. The van der Waals surface area contributed by atoms with E-state index < -0.39 is 0 Å². The van der Waals surface area contributed by atoms with Gasteiger partial charge < -0.3 is 0 Å². The van der Waals surface area contributed by atoms with Crippen LogP contribution in [-0.4, -0.2) is 0 Å². The summed E-state index contributed by atoms with van der Waals surface area (Å²) in [7, 11) is 0. The minimum Gasteiger partial charge on any atom is -0.120 e. The largest absolute Gasteiger partial charge is 0.120 e. The van der Waals surface area contributed by atoms with Crippen LogP contribution in [0.4, 0.5) is 0 Å². The average Bonchev–Trinajstić information content (AvgIpc) is 2.85. The van der Waals surface area contributed by atoms with Crippen LogP contribution in [0.3, 0.4) is 0 Å². The summed E-state index contributed by atoms with van der Waals surface area (Å²) in [6, 6.07) is 10.5. The highest BCUT2D eigenvalue weighted by Gasteiger charge is 2.36. The lowest BCUT2D eigenvalue weighted by Gasteiger charge is -1.94. The molecule has 0 radical (unpaired) electrons. The van der Waals surface area contributed by atoms with Gasteiger partial charge in [-0.2, -0.15) is 0 Å². The first-order chi connectivity index (χ1) is 5.42. The highest BCUT2D eigenvalue weighted by atomic mass is 14.4. The third-order valence-electron chi connectivity index (χ3n) is 2.23. The summed E-state index contributed by atoms with van der Waals surface area (Å²) in [6.07, 6.45) is 6.49. The smallest absolute Gasteiger partial charge is 0.0275 e. The van der Waals surface area contributed by atoms with Crippen molar-refractivity contribution in [3.8, 4) is 12.3 Å². The van der Waals surface area contributed by atoms with E-state index in [2.05, 4.69) is 30.2 Å². The number of hydrogen-bond acceptors (Lipinski definition) is 0. The zero-order valence-electron chi connectivity index (χ0n) is 6.33. The Morgan fingerprint density at radius 3 is 2.55 bits per heavy atom. The first-order valence-corrected chi connectivity index (χ1v) is 3.93. The van der Waals surface area contributed by atoms with Crippen LogP contribution in [0.5, 0.6) is 0 Å². The Morgan fingerprint density at radius 2 is 2.00 bits per heavy atom. The van der Waals surface area contributed by atoms with Crippen molar-refractivity contribution in [1.82, 2.24) is 0 Å². The van der Waals surface area contributed by atoms with Gasteiger partial charge in [-0.25, -0.2) is 0 Å². The summed E-state index contributed by atoms with van der Waals surface area (Å²) < 4.78 is 0. The van der Waals surface area contributed by atoms with Crippen LogP contribution < -0.4 is 0 Å². The molecular formula is C11H10. The summed E-state index contributed by atoms with van der Waals surface area (Å²) in [5, 5.41) is 0. The fraction of sp³-hybridized carbons (Fsp3) is 0.273. The molecule has 1 aliphatic rings. The Balaban J connectivity index is 2.16. The van der Waals surface area contributed by atoms with E-state index in [1.165, 1.54) is 12.0 Å². The lowest BCUT2D eigenvalue weighted by molar-refractivity contribution is 1.04. The van der Waals surface area contributed by atoms with E-state index in [1.807, 2.05) is 6.07 Å². The van der Waals surface area contributed by atoms with Gasteiger partial charge in [0, 0.05) is 5.92 Å². The van der Waals surface area contributed by atoms with Gasteiger partial charge >= 0.3 is 0 Å². The second-order valence-corrected chi connectivity index (χ2v) is 3.03. The molecule has 0 aromatic heterocycles. The maximum Gasteiger partial charge on any atom is 0.0275 e. The standard InChI is InChI=1S/C11H10/c1-2-9-8-11(9)10-6-4-3-5-7-10/h1,3-7,9,11H,8H2/t9-,11-/m0/s1. The van der Waals surface area contributed by atoms with E-state index in [1.54, 1.807) is 0 Å². The van der Waals surface area contributed by atoms with E-state index in [0.29, 0.717) is 11.8 Å². The molecule has 0 saturated heterocycles. The van der Waals surface area contributed by atoms with Crippen molar-refractivity contribution in [2.45, 2.75) is 12.3 Å². The monoisotopic (exact) mass is 142 g/mol. The molecule has 0 spiro atoms. The van der Waals surface area contributed by atoms with Crippen molar-refractivity contribution in [3.05, 3.63) is 35.9 Å². The van der Waals surface area contributed by atoms with Crippen molar-refractivity contribution in [2.24, 2.45) is 5.92 Å². The van der Waals surface area contributed by atoms with Crippen LogP contribution in [-0.2, 0) is 0 Å². The van der Waals surface area contributed by atoms with Gasteiger partial charge in [-0.15, -0.1) is 12.3 Å². The zero-order chi connectivity index (χ0) is 7.68. The normalized spacial score (nSPS) is 27.5. The molecule has 1 fully saturated rings. The van der Waals surface area contributed by atoms with Crippen LogP contribution in [0.1, 0.15) is 17.9 Å². The van der Waals surface area contributed by atoms with Crippen molar-refractivity contribution in [3.63, 3.8) is 0 Å². The molecule has 1 saturated carbocycles. The van der Waals surface area contributed by atoms with E-state index in [9.17, 15) is 0 Å². The molecule has 1 aromatic carbocycles. The molecule has 1 aromatic rings. The maximum absolute atomic E-state index is 5.31. The average molecular weight is 142 g/mol. The van der Waals surface area contributed by atoms with Gasteiger partial charge in [0.25, 0.3) is 0 Å². The van der Waals surface area contributed by atoms with Gasteiger partial charge in [0.1, 0.15) is 0 Å². The highest BCUT2D eigenvalue weighted by Crippen LogP contribution is 2.46. The molecule has 0 bridgehead atoms. The van der Waals surface area contributed by atoms with Crippen LogP contribution in [0.2, 0.25) is 0 Å². The summed E-state index contributed by atoms with van der Waals surface area (Å²) in [5.41, 5.74) is 1.40. The topological polar surface area (TPSA) is 0 Å². The minimum atomic E-state index is 0.511. The molecule has 0 nitrogen and oxygen atoms in total. The van der Waals surface area contributed by atoms with Gasteiger partial charge in [0.2, 0.25) is 0 Å². The van der Waals surface area contributed by atoms with E-state index in [-0.39, 0.29) is 0 Å². The third-order valence-corrected chi connectivity index (χ3v) is 2.23. The van der Waals surface area contributed by atoms with E-state index >= 15 is 0 Å². The van der Waals surface area contributed by atoms with Crippen molar-refractivity contribution < 1.29 is 0 Å². The first kappa shape index (κ1) is 6.49. The van der Waals surface area contributed by atoms with E-state index in [0.717, 1.165) is 0 Å². The summed E-state index contributed by atoms with van der Waals surface area (Å²) >= 11 is 0. The zero-order valence-corrected chi connectivity index (χ0v) is 6.33. The number of rotatable bonds is 1. The van der Waals surface area contributed by atoms with Crippen molar-refractivity contribution in [2.75, 3.05) is 0 Å². The van der Waals surface area contributed by atoms with Crippen LogP contribution in [0, 0.1) is 18.3 Å². The Hall–Kier alpha value is -1.22. The molecule has 2 rings (SSSR count). The highest BCUT2D eigenvalue weighted by molar-refractivity contribution is 5.29. The first-order valence-electron chi connectivity index (χ1n) is 3.93. The van der Waals surface area contributed by atoms with Gasteiger partial charge in [-0.1, -0.05) is 30.3 Å². The SMILES string of the molecule is C#C[C@H]1C[C@@H]1c1ccccc1. The molecular weight excluding hydrogens is 132 g/mol. The molecule has 0 aliphatic heterocycles. The molecule has 0 unspecified atom stereocenters. The van der Waals surface area contributed by atoms with Gasteiger partial charge in [-0.05, 0) is 17.9 Å². The summed E-state index contributed by atoms with van der Waals surface area (Å²) in [4.78, 5) is 0. The summed E-state index contributed by atoms with van der Waals surface area (Å²) in [5.74, 6) is 3.95. The van der Waals surface area contributed by atoms with Crippen LogP contribution in [0.25, 0.3) is 0 Å². The Labute approximate surface area is 67.2 Å². The van der Waals surface area contributed by atoms with E-state index in [4.69, 9.17) is 6.42 Å². The molecule has 11 heavy (non-hydrogen) atoms. The molecule has 0 heterocycles. The predicted molar refractivity (Wildman–Crippen MR) is 46.1 cm³/mol. The van der Waals surface area contributed by atoms with Gasteiger partial charge in [0.05, 0.1) is 0 Å². The van der Waals surface area contributed by atoms with Crippen molar-refractivity contribution >= 4 is 0 Å². The predicted octanol–water partition coefficient (Wildman–Crippen LogP) is 2.42. The molecule has 0 N–H and O–H groups in total. The van der Waals surface area contributed by atoms with Gasteiger partial charge in [-0.3, -0.25) is 0 Å². The molecule has 1 aliphatic carbocycles. The Morgan fingerprint density at radius 1 is 1.27 bits per heavy atom. The summed E-state index contributed by atoms with van der Waals surface area (Å²) in [6.45, 7) is 0. The van der Waals surface area contributed by atoms with Gasteiger partial charge in [0.15, 0.2) is 0 Å². The Bertz CT molecular complexity index is 279. The maximum atomic E-state index is 5.31. The fourth-order valence-corrected chi connectivity index (χ4v) is 1.45. The molecule has 0 heteroatoms. The minimum absolute atomic E-state index is 0.511. The second kappa shape index (κ2) is 2.43.